The van der Waals surface area contributed by atoms with Crippen LogP contribution in [-0.4, -0.2) is 43.4 Å². The molecule has 7 nitrogen and oxygen atoms in total. The van der Waals surface area contributed by atoms with E-state index in [1.807, 2.05) is 24.4 Å². The summed E-state index contributed by atoms with van der Waals surface area (Å²) in [5, 5.41) is 15.8. The predicted octanol–water partition coefficient (Wildman–Crippen LogP) is 1.14. The highest BCUT2D eigenvalue weighted by molar-refractivity contribution is 7.99. The molecule has 0 bridgehead atoms. The van der Waals surface area contributed by atoms with Crippen molar-refractivity contribution in [2.24, 2.45) is 7.05 Å². The minimum Gasteiger partial charge on any atom is -0.361 e. The number of aromatic amines is 1. The van der Waals surface area contributed by atoms with Crippen LogP contribution in [0.2, 0.25) is 0 Å². The zero-order valence-corrected chi connectivity index (χ0v) is 12.9. The number of rotatable bonds is 6. The van der Waals surface area contributed by atoms with Gasteiger partial charge in [-0.2, -0.15) is 0 Å². The number of amides is 1. The first-order chi connectivity index (χ1) is 10.7. The lowest BCUT2D eigenvalue weighted by Crippen LogP contribution is -2.27. The zero-order valence-electron chi connectivity index (χ0n) is 12.1. The summed E-state index contributed by atoms with van der Waals surface area (Å²) < 4.78 is 1.55. The van der Waals surface area contributed by atoms with E-state index < -0.39 is 0 Å². The Balaban J connectivity index is 1.46. The van der Waals surface area contributed by atoms with Crippen molar-refractivity contribution in [3.63, 3.8) is 0 Å². The fourth-order valence-electron chi connectivity index (χ4n) is 2.20. The van der Waals surface area contributed by atoms with E-state index in [0.29, 0.717) is 17.5 Å². The maximum Gasteiger partial charge on any atom is 0.230 e. The Labute approximate surface area is 131 Å². The number of aryl methyl sites for hydroxylation is 1. The lowest BCUT2D eigenvalue weighted by molar-refractivity contribution is -0.118. The molecular formula is C14H16N6OS. The zero-order chi connectivity index (χ0) is 15.4. The van der Waals surface area contributed by atoms with Gasteiger partial charge in [0.2, 0.25) is 11.1 Å². The number of fused-ring (bicyclic) bond motifs is 1. The van der Waals surface area contributed by atoms with Gasteiger partial charge in [-0.05, 0) is 28.5 Å². The lowest BCUT2D eigenvalue weighted by Gasteiger charge is -2.04. The van der Waals surface area contributed by atoms with Crippen molar-refractivity contribution in [1.82, 2.24) is 30.5 Å². The molecule has 114 valence electrons. The molecule has 2 heterocycles. The molecule has 0 atom stereocenters. The van der Waals surface area contributed by atoms with Gasteiger partial charge in [0.15, 0.2) is 0 Å². The molecule has 0 saturated heterocycles. The second-order valence-corrected chi connectivity index (χ2v) is 5.78. The van der Waals surface area contributed by atoms with Crippen LogP contribution in [0.5, 0.6) is 0 Å². The van der Waals surface area contributed by atoms with E-state index in [-0.39, 0.29) is 5.91 Å². The number of carbonyl (C=O) groups is 1. The van der Waals surface area contributed by atoms with Gasteiger partial charge in [0.25, 0.3) is 0 Å². The molecule has 0 unspecified atom stereocenters. The summed E-state index contributed by atoms with van der Waals surface area (Å²) in [4.78, 5) is 15.1. The quantitative estimate of drug-likeness (QED) is 0.666. The van der Waals surface area contributed by atoms with Crippen LogP contribution in [0.15, 0.2) is 35.6 Å². The highest BCUT2D eigenvalue weighted by atomic mass is 32.2. The van der Waals surface area contributed by atoms with E-state index in [1.54, 1.807) is 11.7 Å². The number of nitrogens with one attached hydrogen (secondary N) is 2. The second kappa shape index (κ2) is 6.61. The summed E-state index contributed by atoms with van der Waals surface area (Å²) in [6, 6.07) is 8.15. The third-order valence-corrected chi connectivity index (χ3v) is 4.32. The molecule has 0 aliphatic carbocycles. The van der Waals surface area contributed by atoms with Crippen molar-refractivity contribution in [3.05, 3.63) is 36.0 Å². The molecule has 0 saturated carbocycles. The summed E-state index contributed by atoms with van der Waals surface area (Å²) in [7, 11) is 1.75. The number of nitrogens with zero attached hydrogens (tertiary/aromatic N) is 4. The Morgan fingerprint density at radius 1 is 1.41 bits per heavy atom. The van der Waals surface area contributed by atoms with Crippen molar-refractivity contribution >= 4 is 28.6 Å². The maximum atomic E-state index is 11.8. The summed E-state index contributed by atoms with van der Waals surface area (Å²) in [6.45, 7) is 0.609. The SMILES string of the molecule is Cn1nnnc1SCC(=O)NCCc1c[nH]c2ccccc12. The first-order valence-corrected chi connectivity index (χ1v) is 7.89. The van der Waals surface area contributed by atoms with Crippen molar-refractivity contribution in [3.8, 4) is 0 Å². The Hall–Kier alpha value is -2.35. The summed E-state index contributed by atoms with van der Waals surface area (Å²) in [5.74, 6) is 0.287. The van der Waals surface area contributed by atoms with E-state index in [9.17, 15) is 4.79 Å². The smallest absolute Gasteiger partial charge is 0.230 e. The molecule has 8 heteroatoms. The third-order valence-electron chi connectivity index (χ3n) is 3.31. The average molecular weight is 316 g/mol. The Bertz CT molecular complexity index is 780. The molecular weight excluding hydrogens is 300 g/mol. The monoisotopic (exact) mass is 316 g/mol. The van der Waals surface area contributed by atoms with E-state index in [2.05, 4.69) is 31.9 Å². The lowest BCUT2D eigenvalue weighted by atomic mass is 10.1. The average Bonchev–Trinajstić information content (AvgIpc) is 3.12. The first kappa shape index (κ1) is 14.6. The van der Waals surface area contributed by atoms with Gasteiger partial charge in [0, 0.05) is 30.7 Å². The molecule has 0 radical (unpaired) electrons. The van der Waals surface area contributed by atoms with Crippen molar-refractivity contribution < 1.29 is 4.79 Å². The normalized spacial score (nSPS) is 11.0. The van der Waals surface area contributed by atoms with E-state index in [0.717, 1.165) is 11.9 Å². The Morgan fingerprint density at radius 3 is 3.09 bits per heavy atom. The number of para-hydroxylation sites is 1. The Kier molecular flexibility index (Phi) is 4.38. The largest absolute Gasteiger partial charge is 0.361 e. The number of hydrogen-bond donors (Lipinski definition) is 2. The predicted molar refractivity (Wildman–Crippen MR) is 84.5 cm³/mol. The van der Waals surface area contributed by atoms with E-state index in [1.165, 1.54) is 22.7 Å². The van der Waals surface area contributed by atoms with Gasteiger partial charge in [-0.1, -0.05) is 30.0 Å². The minimum atomic E-state index is -0.0205. The second-order valence-electron chi connectivity index (χ2n) is 4.83. The summed E-state index contributed by atoms with van der Waals surface area (Å²) in [5.41, 5.74) is 2.33. The topological polar surface area (TPSA) is 88.5 Å². The molecule has 22 heavy (non-hydrogen) atoms. The fourth-order valence-corrected chi connectivity index (χ4v) is 2.88. The van der Waals surface area contributed by atoms with Crippen LogP contribution < -0.4 is 5.32 Å². The Morgan fingerprint density at radius 2 is 2.27 bits per heavy atom. The van der Waals surface area contributed by atoms with Crippen LogP contribution in [0.1, 0.15) is 5.56 Å². The minimum absolute atomic E-state index is 0.0205. The molecule has 1 aromatic carbocycles. The van der Waals surface area contributed by atoms with Crippen molar-refractivity contribution in [2.75, 3.05) is 12.3 Å². The van der Waals surface area contributed by atoms with Crippen LogP contribution in [0.4, 0.5) is 0 Å². The van der Waals surface area contributed by atoms with Gasteiger partial charge in [-0.15, -0.1) is 5.10 Å². The van der Waals surface area contributed by atoms with Crippen LogP contribution in [0, 0.1) is 0 Å². The third kappa shape index (κ3) is 3.28. The molecule has 0 fully saturated rings. The summed E-state index contributed by atoms with van der Waals surface area (Å²) in [6.07, 6.45) is 2.79. The number of carbonyl (C=O) groups excluding carboxylic acids is 1. The highest BCUT2D eigenvalue weighted by Gasteiger charge is 2.08. The van der Waals surface area contributed by atoms with Crippen LogP contribution >= 0.6 is 11.8 Å². The first-order valence-electron chi connectivity index (χ1n) is 6.91. The number of thioether (sulfide) groups is 1. The van der Waals surface area contributed by atoms with Gasteiger partial charge in [0.05, 0.1) is 5.75 Å². The number of benzene rings is 1. The van der Waals surface area contributed by atoms with E-state index >= 15 is 0 Å². The molecule has 2 aromatic heterocycles. The van der Waals surface area contributed by atoms with Gasteiger partial charge in [0.1, 0.15) is 0 Å². The standard InChI is InChI=1S/C14H16N6OS/c1-20-14(17-18-19-20)22-9-13(21)15-7-6-10-8-16-12-5-3-2-4-11(10)12/h2-5,8,16H,6-7,9H2,1H3,(H,15,21). The molecule has 1 amide bonds. The van der Waals surface area contributed by atoms with Crippen molar-refractivity contribution in [2.45, 2.75) is 11.6 Å². The number of H-pyrrole nitrogens is 1. The molecule has 0 aliphatic heterocycles. The maximum absolute atomic E-state index is 11.8. The van der Waals surface area contributed by atoms with Gasteiger partial charge < -0.3 is 10.3 Å². The number of aromatic nitrogens is 5. The van der Waals surface area contributed by atoms with Crippen LogP contribution in [0.3, 0.4) is 0 Å². The molecule has 0 aliphatic rings. The highest BCUT2D eigenvalue weighted by Crippen LogP contribution is 2.17. The molecule has 3 rings (SSSR count). The molecule has 2 N–H and O–H groups in total. The van der Waals surface area contributed by atoms with Crippen LogP contribution in [0.25, 0.3) is 10.9 Å². The molecule has 0 spiro atoms. The van der Waals surface area contributed by atoms with Crippen LogP contribution in [-0.2, 0) is 18.3 Å². The summed E-state index contributed by atoms with van der Waals surface area (Å²) >= 11 is 1.32. The van der Waals surface area contributed by atoms with Gasteiger partial charge >= 0.3 is 0 Å². The van der Waals surface area contributed by atoms with Crippen molar-refractivity contribution in [1.29, 1.82) is 0 Å². The fraction of sp³-hybridized carbons (Fsp3) is 0.286. The molecule has 3 aromatic rings. The number of tetrazole rings is 1. The number of hydrogen-bond acceptors (Lipinski definition) is 5. The van der Waals surface area contributed by atoms with Gasteiger partial charge in [-0.3, -0.25) is 4.79 Å². The van der Waals surface area contributed by atoms with Gasteiger partial charge in [-0.25, -0.2) is 4.68 Å². The van der Waals surface area contributed by atoms with E-state index in [4.69, 9.17) is 0 Å².